The smallest absolute Gasteiger partial charge is 0.310 e. The highest BCUT2D eigenvalue weighted by atomic mass is 32.2. The van der Waals surface area contributed by atoms with E-state index < -0.39 is 21.9 Å². The molecular formula is C19H18FN3O5S2. The second kappa shape index (κ2) is 8.62. The minimum absolute atomic E-state index is 0.0731. The van der Waals surface area contributed by atoms with Crippen LogP contribution in [0.25, 0.3) is 11.4 Å². The van der Waals surface area contributed by atoms with Crippen LogP contribution in [-0.2, 0) is 26.2 Å². The standard InChI is InChI=1S/C19H18FN3O5S2/c20-15-7-5-13(6-8-15)18-21-16(28-22-18)12-27-19(24)14-3-1-9-23(11-14)30(25,26)17-4-2-10-29-17/h2,4-8,10,14H,1,3,9,11-12H2/t14-/m0/s1. The number of piperidine rings is 1. The van der Waals surface area contributed by atoms with Crippen LogP contribution in [0.2, 0.25) is 0 Å². The first-order chi connectivity index (χ1) is 14.4. The summed E-state index contributed by atoms with van der Waals surface area (Å²) in [7, 11) is -3.61. The summed E-state index contributed by atoms with van der Waals surface area (Å²) >= 11 is 1.15. The zero-order valence-electron chi connectivity index (χ0n) is 15.7. The summed E-state index contributed by atoms with van der Waals surface area (Å²) in [6.45, 7) is 0.222. The third-order valence-electron chi connectivity index (χ3n) is 4.72. The predicted molar refractivity (Wildman–Crippen MR) is 105 cm³/mol. The molecule has 1 aromatic carbocycles. The fraction of sp³-hybridized carbons (Fsp3) is 0.316. The van der Waals surface area contributed by atoms with Gasteiger partial charge in [0.25, 0.3) is 15.9 Å². The van der Waals surface area contributed by atoms with Gasteiger partial charge in [-0.3, -0.25) is 4.79 Å². The highest BCUT2D eigenvalue weighted by Crippen LogP contribution is 2.27. The maximum atomic E-state index is 13.0. The van der Waals surface area contributed by atoms with Gasteiger partial charge in [0.1, 0.15) is 10.0 Å². The largest absolute Gasteiger partial charge is 0.455 e. The third-order valence-corrected chi connectivity index (χ3v) is 7.95. The van der Waals surface area contributed by atoms with E-state index in [2.05, 4.69) is 10.1 Å². The molecule has 3 heterocycles. The maximum absolute atomic E-state index is 13.0. The number of hydrogen-bond acceptors (Lipinski definition) is 8. The molecule has 4 rings (SSSR count). The van der Waals surface area contributed by atoms with Gasteiger partial charge in [-0.1, -0.05) is 11.2 Å². The molecule has 0 radical (unpaired) electrons. The molecule has 0 N–H and O–H groups in total. The molecule has 0 spiro atoms. The average molecular weight is 452 g/mol. The van der Waals surface area contributed by atoms with Crippen molar-refractivity contribution in [1.29, 1.82) is 0 Å². The van der Waals surface area contributed by atoms with Crippen LogP contribution in [-0.4, -0.2) is 41.9 Å². The number of thiophene rings is 1. The van der Waals surface area contributed by atoms with Crippen molar-refractivity contribution >= 4 is 27.3 Å². The first-order valence-corrected chi connectivity index (χ1v) is 11.5. The summed E-state index contributed by atoms with van der Waals surface area (Å²) in [5.41, 5.74) is 0.569. The zero-order valence-corrected chi connectivity index (χ0v) is 17.4. The first-order valence-electron chi connectivity index (χ1n) is 9.22. The van der Waals surface area contributed by atoms with Crippen LogP contribution in [0.1, 0.15) is 18.7 Å². The average Bonchev–Trinajstić information content (AvgIpc) is 3.45. The lowest BCUT2D eigenvalue weighted by Gasteiger charge is -2.30. The van der Waals surface area contributed by atoms with E-state index in [0.29, 0.717) is 24.9 Å². The van der Waals surface area contributed by atoms with Gasteiger partial charge in [0.2, 0.25) is 5.82 Å². The van der Waals surface area contributed by atoms with Crippen molar-refractivity contribution in [2.24, 2.45) is 5.92 Å². The normalized spacial score (nSPS) is 17.7. The number of sulfonamides is 1. The summed E-state index contributed by atoms with van der Waals surface area (Å²) in [5.74, 6) is -1.09. The van der Waals surface area contributed by atoms with Crippen molar-refractivity contribution in [3.8, 4) is 11.4 Å². The molecular weight excluding hydrogens is 433 g/mol. The van der Waals surface area contributed by atoms with Crippen molar-refractivity contribution in [2.75, 3.05) is 13.1 Å². The summed E-state index contributed by atoms with van der Waals surface area (Å²) in [5, 5.41) is 5.49. The summed E-state index contributed by atoms with van der Waals surface area (Å²) in [6, 6.07) is 8.82. The number of benzene rings is 1. The molecule has 8 nitrogen and oxygen atoms in total. The van der Waals surface area contributed by atoms with Crippen molar-refractivity contribution in [1.82, 2.24) is 14.4 Å². The fourth-order valence-corrected chi connectivity index (χ4v) is 5.84. The third kappa shape index (κ3) is 4.42. The van der Waals surface area contributed by atoms with E-state index in [0.717, 1.165) is 11.3 Å². The Kier molecular flexibility index (Phi) is 5.93. The summed E-state index contributed by atoms with van der Waals surface area (Å²) < 4.78 is 50.3. The van der Waals surface area contributed by atoms with Gasteiger partial charge in [0.05, 0.1) is 5.92 Å². The number of aromatic nitrogens is 2. The van der Waals surface area contributed by atoms with Crippen LogP contribution in [0.3, 0.4) is 0 Å². The van der Waals surface area contributed by atoms with E-state index in [1.54, 1.807) is 17.5 Å². The molecule has 1 saturated heterocycles. The molecule has 1 aliphatic rings. The first kappa shape index (κ1) is 20.6. The number of rotatable bonds is 6. The zero-order chi connectivity index (χ0) is 21.1. The van der Waals surface area contributed by atoms with Crippen molar-refractivity contribution in [3.05, 3.63) is 53.5 Å². The predicted octanol–water partition coefficient (Wildman–Crippen LogP) is 3.08. The molecule has 2 aromatic heterocycles. The molecule has 30 heavy (non-hydrogen) atoms. The Bertz CT molecular complexity index is 1110. The topological polar surface area (TPSA) is 103 Å². The van der Waals surface area contributed by atoms with Gasteiger partial charge in [0, 0.05) is 18.7 Å². The van der Waals surface area contributed by atoms with Gasteiger partial charge in [-0.15, -0.1) is 11.3 Å². The van der Waals surface area contributed by atoms with Crippen LogP contribution in [0.4, 0.5) is 4.39 Å². The van der Waals surface area contributed by atoms with Gasteiger partial charge < -0.3 is 9.26 Å². The van der Waals surface area contributed by atoms with E-state index in [1.165, 1.54) is 28.6 Å². The van der Waals surface area contributed by atoms with Gasteiger partial charge in [-0.05, 0) is 48.6 Å². The fourth-order valence-electron chi connectivity index (χ4n) is 3.17. The van der Waals surface area contributed by atoms with Gasteiger partial charge >= 0.3 is 5.97 Å². The maximum Gasteiger partial charge on any atom is 0.310 e. The van der Waals surface area contributed by atoms with E-state index in [1.807, 2.05) is 0 Å². The lowest BCUT2D eigenvalue weighted by atomic mass is 10.0. The van der Waals surface area contributed by atoms with Crippen LogP contribution >= 0.6 is 11.3 Å². The molecule has 3 aromatic rings. The van der Waals surface area contributed by atoms with Crippen LogP contribution in [0, 0.1) is 11.7 Å². The molecule has 0 bridgehead atoms. The molecule has 0 aliphatic carbocycles. The lowest BCUT2D eigenvalue weighted by molar-refractivity contribution is -0.151. The van der Waals surface area contributed by atoms with Gasteiger partial charge in [-0.2, -0.15) is 9.29 Å². The minimum Gasteiger partial charge on any atom is -0.455 e. The quantitative estimate of drug-likeness (QED) is 0.531. The van der Waals surface area contributed by atoms with Crippen molar-refractivity contribution in [2.45, 2.75) is 23.7 Å². The molecule has 0 unspecified atom stereocenters. The number of carbonyl (C=O) groups is 1. The Labute approximate surface area is 176 Å². The monoisotopic (exact) mass is 451 g/mol. The molecule has 0 amide bonds. The number of halogens is 1. The van der Waals surface area contributed by atoms with Crippen LogP contribution < -0.4 is 0 Å². The van der Waals surface area contributed by atoms with E-state index >= 15 is 0 Å². The number of carbonyl (C=O) groups excluding carboxylic acids is 1. The molecule has 1 fully saturated rings. The van der Waals surface area contributed by atoms with E-state index in [9.17, 15) is 17.6 Å². The molecule has 1 atom stereocenters. The Hall–Kier alpha value is -2.63. The Morgan fingerprint density at radius 3 is 2.83 bits per heavy atom. The second-order valence-corrected chi connectivity index (χ2v) is 9.87. The van der Waals surface area contributed by atoms with E-state index in [-0.39, 0.29) is 34.9 Å². The molecule has 0 saturated carbocycles. The summed E-state index contributed by atoms with van der Waals surface area (Å²) in [4.78, 5) is 16.6. The highest BCUT2D eigenvalue weighted by molar-refractivity contribution is 7.91. The minimum atomic E-state index is -3.61. The van der Waals surface area contributed by atoms with E-state index in [4.69, 9.17) is 9.26 Å². The van der Waals surface area contributed by atoms with Gasteiger partial charge in [-0.25, -0.2) is 12.8 Å². The molecule has 1 aliphatic heterocycles. The Morgan fingerprint density at radius 1 is 1.30 bits per heavy atom. The second-order valence-electron chi connectivity index (χ2n) is 6.76. The number of nitrogens with zero attached hydrogens (tertiary/aromatic N) is 3. The molecule has 11 heteroatoms. The van der Waals surface area contributed by atoms with Crippen molar-refractivity contribution in [3.63, 3.8) is 0 Å². The number of hydrogen-bond donors (Lipinski definition) is 0. The van der Waals surface area contributed by atoms with Crippen LogP contribution in [0.15, 0.2) is 50.5 Å². The Morgan fingerprint density at radius 2 is 2.10 bits per heavy atom. The van der Waals surface area contributed by atoms with Crippen LogP contribution in [0.5, 0.6) is 0 Å². The number of ether oxygens (including phenoxy) is 1. The summed E-state index contributed by atoms with van der Waals surface area (Å²) in [6.07, 6.45) is 1.11. The highest BCUT2D eigenvalue weighted by Gasteiger charge is 2.34. The lowest BCUT2D eigenvalue weighted by Crippen LogP contribution is -2.42. The van der Waals surface area contributed by atoms with Crippen molar-refractivity contribution < 1.29 is 26.9 Å². The Balaban J connectivity index is 1.36. The molecule has 158 valence electrons. The number of esters is 1. The van der Waals surface area contributed by atoms with Gasteiger partial charge in [0.15, 0.2) is 6.61 Å². The SMILES string of the molecule is O=C(OCc1nc(-c2ccc(F)cc2)no1)[C@H]1CCCN(S(=O)(=O)c2cccs2)C1.